The number of carbonyl (C=O) groups excluding carboxylic acids is 1. The Morgan fingerprint density at radius 3 is 2.24 bits per heavy atom. The van der Waals surface area contributed by atoms with Gasteiger partial charge in [0.15, 0.2) is 5.78 Å². The summed E-state index contributed by atoms with van der Waals surface area (Å²) < 4.78 is 0. The van der Waals surface area contributed by atoms with Crippen molar-refractivity contribution in [1.82, 2.24) is 0 Å². The van der Waals surface area contributed by atoms with Crippen LogP contribution in [0.5, 0.6) is 0 Å². The first kappa shape index (κ1) is 21.2. The molecule has 0 saturated carbocycles. The van der Waals surface area contributed by atoms with Crippen LogP contribution in [0.1, 0.15) is 67.2 Å². The molecule has 0 atom stereocenters. The molecule has 1 aliphatic carbocycles. The van der Waals surface area contributed by atoms with E-state index in [1.54, 1.807) is 6.08 Å². The lowest BCUT2D eigenvalue weighted by Gasteiger charge is -2.32. The van der Waals surface area contributed by atoms with Gasteiger partial charge in [-0.15, -0.1) is 0 Å². The molecule has 0 fully saturated rings. The lowest BCUT2D eigenvalue weighted by Crippen LogP contribution is -2.19. The maximum Gasteiger partial charge on any atom is 0.155 e. The molecule has 1 aliphatic rings. The van der Waals surface area contributed by atoms with Crippen molar-refractivity contribution in [2.45, 2.75) is 67.2 Å². The van der Waals surface area contributed by atoms with Gasteiger partial charge in [-0.05, 0) is 57.1 Å². The zero-order chi connectivity index (χ0) is 18.9. The van der Waals surface area contributed by atoms with Crippen molar-refractivity contribution in [2.75, 3.05) is 0 Å². The predicted octanol–water partition coefficient (Wildman–Crippen LogP) is 7.05. The summed E-state index contributed by atoms with van der Waals surface area (Å²) in [5.41, 5.74) is 5.68. The maximum absolute atomic E-state index is 11.2. The first-order chi connectivity index (χ1) is 11.8. The van der Waals surface area contributed by atoms with E-state index in [-0.39, 0.29) is 11.2 Å². The van der Waals surface area contributed by atoms with Crippen molar-refractivity contribution in [3.8, 4) is 0 Å². The third-order valence-corrected chi connectivity index (χ3v) is 4.76. The SMILES string of the molecule is CCC(=O)/C=C/C=C(C)/C=C/C=C(C)/C=C/C1=C(C)CCCC1(C)C. The summed E-state index contributed by atoms with van der Waals surface area (Å²) >= 11 is 0. The zero-order valence-corrected chi connectivity index (χ0v) is 16.9. The van der Waals surface area contributed by atoms with Crippen LogP contribution in [0.25, 0.3) is 0 Å². The van der Waals surface area contributed by atoms with Gasteiger partial charge in [0.05, 0.1) is 0 Å². The third kappa shape index (κ3) is 7.69. The van der Waals surface area contributed by atoms with Gasteiger partial charge in [0, 0.05) is 6.42 Å². The van der Waals surface area contributed by atoms with E-state index in [9.17, 15) is 4.79 Å². The standard InChI is InChI=1S/C24H34O/c1-7-22(25)15-9-13-19(2)11-8-12-20(3)16-17-23-21(4)14-10-18-24(23,5)6/h8-9,11-13,15-17H,7,10,14,18H2,1-6H3/b11-8+,15-9+,17-16+,19-13+,20-12+. The van der Waals surface area contributed by atoms with Crippen LogP contribution in [0.4, 0.5) is 0 Å². The smallest absolute Gasteiger partial charge is 0.155 e. The van der Waals surface area contributed by atoms with Gasteiger partial charge < -0.3 is 0 Å². The molecule has 0 N–H and O–H groups in total. The van der Waals surface area contributed by atoms with Gasteiger partial charge in [-0.2, -0.15) is 0 Å². The average Bonchev–Trinajstić information content (AvgIpc) is 2.53. The Morgan fingerprint density at radius 1 is 1.04 bits per heavy atom. The third-order valence-electron chi connectivity index (χ3n) is 4.76. The molecule has 0 radical (unpaired) electrons. The van der Waals surface area contributed by atoms with E-state index in [2.05, 4.69) is 58.1 Å². The van der Waals surface area contributed by atoms with Crippen LogP contribution in [-0.4, -0.2) is 5.78 Å². The monoisotopic (exact) mass is 338 g/mol. The van der Waals surface area contributed by atoms with Crippen molar-refractivity contribution in [3.05, 3.63) is 70.9 Å². The van der Waals surface area contributed by atoms with Crippen LogP contribution in [0, 0.1) is 5.41 Å². The fourth-order valence-corrected chi connectivity index (χ4v) is 3.11. The maximum atomic E-state index is 11.2. The Balaban J connectivity index is 2.71. The minimum absolute atomic E-state index is 0.157. The number of rotatable bonds is 7. The summed E-state index contributed by atoms with van der Waals surface area (Å²) in [5, 5.41) is 0. The topological polar surface area (TPSA) is 17.1 Å². The minimum Gasteiger partial charge on any atom is -0.295 e. The van der Waals surface area contributed by atoms with E-state index in [0.29, 0.717) is 6.42 Å². The lowest BCUT2D eigenvalue weighted by molar-refractivity contribution is -0.114. The highest BCUT2D eigenvalue weighted by Crippen LogP contribution is 2.40. The Morgan fingerprint density at radius 2 is 1.64 bits per heavy atom. The largest absolute Gasteiger partial charge is 0.295 e. The van der Waals surface area contributed by atoms with E-state index in [4.69, 9.17) is 0 Å². The van der Waals surface area contributed by atoms with Crippen molar-refractivity contribution in [2.24, 2.45) is 5.41 Å². The van der Waals surface area contributed by atoms with Gasteiger partial charge in [0.2, 0.25) is 0 Å². The van der Waals surface area contributed by atoms with Crippen molar-refractivity contribution in [1.29, 1.82) is 0 Å². The summed E-state index contributed by atoms with van der Waals surface area (Å²) in [6.45, 7) is 13.0. The van der Waals surface area contributed by atoms with Crippen LogP contribution in [-0.2, 0) is 4.79 Å². The molecule has 0 saturated heterocycles. The van der Waals surface area contributed by atoms with Gasteiger partial charge >= 0.3 is 0 Å². The predicted molar refractivity (Wildman–Crippen MR) is 111 cm³/mol. The molecule has 0 bridgehead atoms. The quantitative estimate of drug-likeness (QED) is 0.359. The molecule has 0 aromatic carbocycles. The molecule has 136 valence electrons. The molecule has 0 spiro atoms. The van der Waals surface area contributed by atoms with Crippen LogP contribution in [0.2, 0.25) is 0 Å². The second kappa shape index (κ2) is 10.2. The highest BCUT2D eigenvalue weighted by molar-refractivity contribution is 5.89. The fraction of sp³-hybridized carbons (Fsp3) is 0.458. The number of allylic oxidation sites excluding steroid dienone is 12. The Labute approximate surface area is 154 Å². The van der Waals surface area contributed by atoms with Crippen LogP contribution in [0.3, 0.4) is 0 Å². The number of hydrogen-bond acceptors (Lipinski definition) is 1. The highest BCUT2D eigenvalue weighted by Gasteiger charge is 2.26. The Bertz CT molecular complexity index is 646. The first-order valence-electron chi connectivity index (χ1n) is 9.37. The molecule has 1 heteroatoms. The number of hydrogen-bond donors (Lipinski definition) is 0. The van der Waals surface area contributed by atoms with E-state index < -0.39 is 0 Å². The molecule has 0 aromatic rings. The molecular formula is C24H34O. The Hall–Kier alpha value is -1.89. The molecule has 0 unspecified atom stereocenters. The molecule has 0 heterocycles. The normalized spacial score (nSPS) is 19.6. The molecule has 1 rings (SSSR count). The number of carbonyl (C=O) groups is 1. The Kier molecular flexibility index (Phi) is 8.61. The highest BCUT2D eigenvalue weighted by atomic mass is 16.1. The van der Waals surface area contributed by atoms with Crippen LogP contribution < -0.4 is 0 Å². The van der Waals surface area contributed by atoms with E-state index in [1.165, 1.54) is 36.0 Å². The van der Waals surface area contributed by atoms with Gasteiger partial charge in [-0.25, -0.2) is 0 Å². The van der Waals surface area contributed by atoms with E-state index in [1.807, 2.05) is 26.0 Å². The van der Waals surface area contributed by atoms with Gasteiger partial charge in [0.1, 0.15) is 0 Å². The molecule has 1 nitrogen and oxygen atoms in total. The minimum atomic E-state index is 0.157. The molecular weight excluding hydrogens is 304 g/mol. The zero-order valence-electron chi connectivity index (χ0n) is 16.9. The van der Waals surface area contributed by atoms with Gasteiger partial charge in [-0.1, -0.05) is 80.0 Å². The van der Waals surface area contributed by atoms with Crippen molar-refractivity contribution >= 4 is 5.78 Å². The molecule has 0 amide bonds. The average molecular weight is 339 g/mol. The molecule has 25 heavy (non-hydrogen) atoms. The van der Waals surface area contributed by atoms with E-state index in [0.717, 1.165) is 5.57 Å². The second-order valence-electron chi connectivity index (χ2n) is 7.62. The first-order valence-corrected chi connectivity index (χ1v) is 9.37. The summed E-state index contributed by atoms with van der Waals surface area (Å²) in [7, 11) is 0. The second-order valence-corrected chi connectivity index (χ2v) is 7.62. The summed E-state index contributed by atoms with van der Waals surface area (Å²) in [4.78, 5) is 11.2. The summed E-state index contributed by atoms with van der Waals surface area (Å²) in [6, 6.07) is 0. The molecule has 0 aliphatic heterocycles. The lowest BCUT2D eigenvalue weighted by atomic mass is 9.72. The van der Waals surface area contributed by atoms with Crippen LogP contribution >= 0.6 is 0 Å². The van der Waals surface area contributed by atoms with E-state index >= 15 is 0 Å². The van der Waals surface area contributed by atoms with Crippen molar-refractivity contribution in [3.63, 3.8) is 0 Å². The fourth-order valence-electron chi connectivity index (χ4n) is 3.11. The number of ketones is 1. The summed E-state index contributed by atoms with van der Waals surface area (Å²) in [6.07, 6.45) is 20.5. The van der Waals surface area contributed by atoms with Gasteiger partial charge in [0.25, 0.3) is 0 Å². The van der Waals surface area contributed by atoms with Crippen molar-refractivity contribution < 1.29 is 4.79 Å². The van der Waals surface area contributed by atoms with Gasteiger partial charge in [-0.3, -0.25) is 4.79 Å². The molecule has 0 aromatic heterocycles. The summed E-state index contributed by atoms with van der Waals surface area (Å²) in [5.74, 6) is 0.157. The van der Waals surface area contributed by atoms with Crippen LogP contribution in [0.15, 0.2) is 70.9 Å².